The molecule has 0 amide bonds. The van der Waals surface area contributed by atoms with Crippen LogP contribution in [0, 0.1) is 0 Å². The van der Waals surface area contributed by atoms with Crippen LogP contribution >= 0.6 is 0 Å². The molecule has 16 heavy (non-hydrogen) atoms. The maximum absolute atomic E-state index is 3.47. The highest BCUT2D eigenvalue weighted by atomic mass is 14.9. The van der Waals surface area contributed by atoms with Gasteiger partial charge in [0.2, 0.25) is 0 Å². The molecule has 1 aliphatic rings. The van der Waals surface area contributed by atoms with E-state index in [0.29, 0.717) is 5.92 Å². The van der Waals surface area contributed by atoms with E-state index in [1.54, 1.807) is 0 Å². The number of fused-ring (bicyclic) bond motifs is 1. The normalized spacial score (nSPS) is 17.9. The van der Waals surface area contributed by atoms with Crippen molar-refractivity contribution in [2.24, 2.45) is 0 Å². The minimum Gasteiger partial charge on any atom is -0.384 e. The molecule has 2 aromatic carbocycles. The smallest absolute Gasteiger partial charge is 0.0376 e. The summed E-state index contributed by atoms with van der Waals surface area (Å²) in [6.07, 6.45) is 1.13. The minimum atomic E-state index is 0.624. The predicted molar refractivity (Wildman–Crippen MR) is 67.8 cm³/mol. The van der Waals surface area contributed by atoms with Gasteiger partial charge in [0, 0.05) is 18.2 Å². The van der Waals surface area contributed by atoms with Crippen LogP contribution in [0.3, 0.4) is 0 Å². The zero-order chi connectivity index (χ0) is 10.8. The third kappa shape index (κ3) is 1.69. The quantitative estimate of drug-likeness (QED) is 0.799. The van der Waals surface area contributed by atoms with E-state index in [1.165, 1.54) is 16.8 Å². The summed E-state index contributed by atoms with van der Waals surface area (Å²) in [5.74, 6) is 0.624. The minimum absolute atomic E-state index is 0.624. The van der Waals surface area contributed by atoms with Crippen LogP contribution < -0.4 is 5.32 Å². The molecule has 1 heteroatoms. The molecule has 0 aromatic heterocycles. The lowest BCUT2D eigenvalue weighted by Crippen LogP contribution is -2.05. The molecule has 2 aromatic rings. The summed E-state index contributed by atoms with van der Waals surface area (Å²) in [5.41, 5.74) is 4.20. The van der Waals surface area contributed by atoms with E-state index < -0.39 is 0 Å². The van der Waals surface area contributed by atoms with Crippen molar-refractivity contribution in [1.82, 2.24) is 0 Å². The first-order chi connectivity index (χ1) is 7.93. The molecule has 0 spiro atoms. The van der Waals surface area contributed by atoms with Crippen molar-refractivity contribution in [2.75, 3.05) is 11.9 Å². The number of para-hydroxylation sites is 1. The highest BCUT2D eigenvalue weighted by molar-refractivity contribution is 5.57. The van der Waals surface area contributed by atoms with E-state index in [4.69, 9.17) is 0 Å². The second-order valence-corrected chi connectivity index (χ2v) is 4.35. The van der Waals surface area contributed by atoms with Crippen LogP contribution in [0.1, 0.15) is 17.0 Å². The van der Waals surface area contributed by atoms with Crippen LogP contribution in [0.5, 0.6) is 0 Å². The monoisotopic (exact) mass is 209 g/mol. The van der Waals surface area contributed by atoms with Crippen molar-refractivity contribution in [2.45, 2.75) is 12.3 Å². The molecule has 1 heterocycles. The second kappa shape index (κ2) is 4.01. The van der Waals surface area contributed by atoms with Gasteiger partial charge in [-0.2, -0.15) is 0 Å². The van der Waals surface area contributed by atoms with Crippen LogP contribution in [0.15, 0.2) is 54.6 Å². The number of benzene rings is 2. The van der Waals surface area contributed by atoms with Gasteiger partial charge in [-0.15, -0.1) is 0 Å². The van der Waals surface area contributed by atoms with Gasteiger partial charge < -0.3 is 5.32 Å². The van der Waals surface area contributed by atoms with Crippen molar-refractivity contribution >= 4 is 5.69 Å². The third-order valence-corrected chi connectivity index (χ3v) is 3.26. The Hall–Kier alpha value is -1.76. The molecule has 0 unspecified atom stereocenters. The van der Waals surface area contributed by atoms with E-state index in [-0.39, 0.29) is 0 Å². The molecule has 1 atom stereocenters. The Morgan fingerprint density at radius 2 is 1.69 bits per heavy atom. The van der Waals surface area contributed by atoms with Crippen LogP contribution in [-0.2, 0) is 6.42 Å². The van der Waals surface area contributed by atoms with Gasteiger partial charge in [0.05, 0.1) is 0 Å². The fourth-order valence-electron chi connectivity index (χ4n) is 2.44. The lowest BCUT2D eigenvalue weighted by molar-refractivity contribution is 0.752. The molecule has 0 saturated carbocycles. The summed E-state index contributed by atoms with van der Waals surface area (Å²) in [4.78, 5) is 0. The molecule has 0 radical (unpaired) electrons. The molecule has 0 fully saturated rings. The van der Waals surface area contributed by atoms with Crippen LogP contribution in [0.25, 0.3) is 0 Å². The van der Waals surface area contributed by atoms with Crippen molar-refractivity contribution in [1.29, 1.82) is 0 Å². The fourth-order valence-corrected chi connectivity index (χ4v) is 2.44. The Morgan fingerprint density at radius 3 is 2.56 bits per heavy atom. The zero-order valence-electron chi connectivity index (χ0n) is 9.19. The highest BCUT2D eigenvalue weighted by Gasteiger charge is 2.21. The van der Waals surface area contributed by atoms with E-state index in [2.05, 4.69) is 59.9 Å². The van der Waals surface area contributed by atoms with E-state index in [9.17, 15) is 0 Å². The van der Waals surface area contributed by atoms with Gasteiger partial charge in [0.15, 0.2) is 0 Å². The van der Waals surface area contributed by atoms with Gasteiger partial charge >= 0.3 is 0 Å². The van der Waals surface area contributed by atoms with Crippen molar-refractivity contribution in [3.8, 4) is 0 Å². The topological polar surface area (TPSA) is 12.0 Å². The molecule has 1 aliphatic heterocycles. The second-order valence-electron chi connectivity index (χ2n) is 4.35. The maximum Gasteiger partial charge on any atom is 0.0376 e. The largest absolute Gasteiger partial charge is 0.384 e. The van der Waals surface area contributed by atoms with Crippen molar-refractivity contribution in [3.05, 3.63) is 65.7 Å². The lowest BCUT2D eigenvalue weighted by Gasteiger charge is -2.09. The van der Waals surface area contributed by atoms with Gasteiger partial charge in [-0.05, 0) is 23.6 Å². The van der Waals surface area contributed by atoms with Crippen molar-refractivity contribution in [3.63, 3.8) is 0 Å². The van der Waals surface area contributed by atoms with E-state index >= 15 is 0 Å². The first-order valence-electron chi connectivity index (χ1n) is 5.80. The van der Waals surface area contributed by atoms with E-state index in [1.807, 2.05) is 0 Å². The summed E-state index contributed by atoms with van der Waals surface area (Å²) in [5, 5.41) is 3.47. The zero-order valence-corrected chi connectivity index (χ0v) is 9.19. The number of hydrogen-bond acceptors (Lipinski definition) is 1. The van der Waals surface area contributed by atoms with Crippen molar-refractivity contribution < 1.29 is 0 Å². The Labute approximate surface area is 96.1 Å². The summed E-state index contributed by atoms with van der Waals surface area (Å²) in [6.45, 7) is 1.06. The van der Waals surface area contributed by atoms with Crippen LogP contribution in [0.2, 0.25) is 0 Å². The standard InChI is InChI=1S/C15H15N/c1-2-6-12(7-3-1)10-13-11-16-15-9-5-4-8-14(13)15/h1-9,13,16H,10-11H2/t13-/m1/s1. The molecular weight excluding hydrogens is 194 g/mol. The van der Waals surface area contributed by atoms with Gasteiger partial charge in [-0.25, -0.2) is 0 Å². The fraction of sp³-hybridized carbons (Fsp3) is 0.200. The molecule has 0 bridgehead atoms. The third-order valence-electron chi connectivity index (χ3n) is 3.26. The summed E-state index contributed by atoms with van der Waals surface area (Å²) in [7, 11) is 0. The average Bonchev–Trinajstić information content (AvgIpc) is 2.74. The molecule has 3 rings (SSSR count). The number of rotatable bonds is 2. The average molecular weight is 209 g/mol. The number of hydrogen-bond donors (Lipinski definition) is 1. The molecular formula is C15H15N. The first-order valence-corrected chi connectivity index (χ1v) is 5.80. The molecule has 1 N–H and O–H groups in total. The van der Waals surface area contributed by atoms with Gasteiger partial charge in [0.25, 0.3) is 0 Å². The predicted octanol–water partition coefficient (Wildman–Crippen LogP) is 3.44. The summed E-state index contributed by atoms with van der Waals surface area (Å²) < 4.78 is 0. The maximum atomic E-state index is 3.47. The number of anilines is 1. The van der Waals surface area contributed by atoms with E-state index in [0.717, 1.165) is 13.0 Å². The summed E-state index contributed by atoms with van der Waals surface area (Å²) in [6, 6.07) is 19.4. The molecule has 0 aliphatic carbocycles. The highest BCUT2D eigenvalue weighted by Crippen LogP contribution is 2.33. The SMILES string of the molecule is c1ccc(C[C@@H]2CNc3ccccc32)cc1. The lowest BCUT2D eigenvalue weighted by atomic mass is 9.94. The Morgan fingerprint density at radius 1 is 0.938 bits per heavy atom. The Balaban J connectivity index is 1.84. The molecule has 80 valence electrons. The molecule has 0 saturated heterocycles. The Bertz CT molecular complexity index is 476. The van der Waals surface area contributed by atoms with Gasteiger partial charge in [-0.3, -0.25) is 0 Å². The first kappa shape index (κ1) is 9.46. The van der Waals surface area contributed by atoms with Crippen LogP contribution in [0.4, 0.5) is 5.69 Å². The Kier molecular flexibility index (Phi) is 2.37. The van der Waals surface area contributed by atoms with Crippen LogP contribution in [-0.4, -0.2) is 6.54 Å². The summed E-state index contributed by atoms with van der Waals surface area (Å²) >= 11 is 0. The van der Waals surface area contributed by atoms with Gasteiger partial charge in [-0.1, -0.05) is 48.5 Å². The number of nitrogens with one attached hydrogen (secondary N) is 1. The van der Waals surface area contributed by atoms with Gasteiger partial charge in [0.1, 0.15) is 0 Å². The molecule has 1 nitrogen and oxygen atoms in total.